The van der Waals surface area contributed by atoms with Gasteiger partial charge in [0.25, 0.3) is 0 Å². The Balaban J connectivity index is 1.49. The highest BCUT2D eigenvalue weighted by Crippen LogP contribution is 2.31. The zero-order valence-corrected chi connectivity index (χ0v) is 19.0. The fourth-order valence-corrected chi connectivity index (χ4v) is 6.12. The number of hydrogen-bond acceptors (Lipinski definition) is 4. The van der Waals surface area contributed by atoms with Crippen LogP contribution in [0.1, 0.15) is 27.9 Å². The average Bonchev–Trinajstić information content (AvgIpc) is 3.30. The number of alkyl halides is 3. The molecular formula is C21H19BrF3N3O3S. The van der Waals surface area contributed by atoms with E-state index in [9.17, 15) is 26.7 Å². The maximum atomic E-state index is 13.0. The van der Waals surface area contributed by atoms with E-state index in [4.69, 9.17) is 0 Å². The molecule has 0 bridgehead atoms. The summed E-state index contributed by atoms with van der Waals surface area (Å²) in [5, 5.41) is 12.8. The molecule has 0 radical (unpaired) electrons. The number of hydrogen-bond donors (Lipinski definition) is 2. The van der Waals surface area contributed by atoms with Gasteiger partial charge in [-0.2, -0.15) is 18.3 Å². The van der Waals surface area contributed by atoms with Crippen LogP contribution >= 0.6 is 15.9 Å². The topological polar surface area (TPSA) is 84.2 Å². The normalized spacial score (nSPS) is 16.3. The molecule has 1 aliphatic carbocycles. The van der Waals surface area contributed by atoms with Crippen molar-refractivity contribution in [1.29, 1.82) is 0 Å². The van der Waals surface area contributed by atoms with Crippen LogP contribution in [0, 0.1) is 0 Å². The molecule has 4 rings (SSSR count). The largest absolute Gasteiger partial charge is 0.435 e. The minimum atomic E-state index is -4.64. The van der Waals surface area contributed by atoms with Crippen molar-refractivity contribution in [2.45, 2.75) is 43.1 Å². The number of aliphatic hydroxyl groups excluding tert-OH is 1. The molecule has 0 fully saturated rings. The van der Waals surface area contributed by atoms with Crippen LogP contribution in [0.25, 0.3) is 0 Å². The van der Waals surface area contributed by atoms with Crippen LogP contribution in [0.2, 0.25) is 0 Å². The van der Waals surface area contributed by atoms with Gasteiger partial charge in [-0.15, -0.1) is 0 Å². The molecule has 1 atom stereocenters. The van der Waals surface area contributed by atoms with E-state index in [1.165, 1.54) is 12.3 Å². The number of aliphatic hydroxyl groups is 1. The Morgan fingerprint density at radius 3 is 2.53 bits per heavy atom. The van der Waals surface area contributed by atoms with Crippen molar-refractivity contribution in [1.82, 2.24) is 14.5 Å². The van der Waals surface area contributed by atoms with Crippen LogP contribution < -0.4 is 4.72 Å². The summed E-state index contributed by atoms with van der Waals surface area (Å²) in [4.78, 5) is 0.162. The second-order valence-corrected chi connectivity index (χ2v) is 10.2. The first-order valence-electron chi connectivity index (χ1n) is 9.69. The third-order valence-corrected chi connectivity index (χ3v) is 7.80. The molecule has 0 spiro atoms. The van der Waals surface area contributed by atoms with Crippen molar-refractivity contribution >= 4 is 26.0 Å². The van der Waals surface area contributed by atoms with Gasteiger partial charge in [0.1, 0.15) is 0 Å². The second-order valence-electron chi connectivity index (χ2n) is 7.62. The molecule has 0 saturated carbocycles. The van der Waals surface area contributed by atoms with E-state index in [-0.39, 0.29) is 23.0 Å². The van der Waals surface area contributed by atoms with Crippen LogP contribution in [-0.4, -0.2) is 29.3 Å². The number of aromatic nitrogens is 2. The molecule has 32 heavy (non-hydrogen) atoms. The van der Waals surface area contributed by atoms with E-state index in [0.717, 1.165) is 21.4 Å². The van der Waals surface area contributed by atoms with E-state index in [2.05, 4.69) is 25.8 Å². The van der Waals surface area contributed by atoms with Crippen molar-refractivity contribution < 1.29 is 26.7 Å². The van der Waals surface area contributed by atoms with E-state index < -0.39 is 28.5 Å². The third kappa shape index (κ3) is 4.75. The average molecular weight is 530 g/mol. The van der Waals surface area contributed by atoms with Crippen molar-refractivity contribution in [3.63, 3.8) is 0 Å². The Labute approximate surface area is 191 Å². The van der Waals surface area contributed by atoms with Gasteiger partial charge < -0.3 is 5.11 Å². The van der Waals surface area contributed by atoms with Gasteiger partial charge >= 0.3 is 6.18 Å². The Hall–Kier alpha value is -2.21. The van der Waals surface area contributed by atoms with Crippen LogP contribution in [0.5, 0.6) is 0 Å². The first kappa shape index (κ1) is 23.0. The monoisotopic (exact) mass is 529 g/mol. The zero-order chi connectivity index (χ0) is 23.1. The molecule has 1 aromatic heterocycles. The van der Waals surface area contributed by atoms with Crippen molar-refractivity contribution in [3.05, 3.63) is 81.1 Å². The SMILES string of the molecule is O=S(=O)(N[C@H]1Cc2ccc(Cn3cc(CO)c(C(F)(F)F)n3)cc2C1)c1ccccc1Br. The molecule has 2 aromatic carbocycles. The van der Waals surface area contributed by atoms with Crippen LogP contribution in [0.3, 0.4) is 0 Å². The minimum absolute atomic E-state index is 0.101. The minimum Gasteiger partial charge on any atom is -0.392 e. The molecule has 170 valence electrons. The van der Waals surface area contributed by atoms with Crippen molar-refractivity contribution in [2.75, 3.05) is 0 Å². The number of benzene rings is 2. The van der Waals surface area contributed by atoms with Crippen molar-refractivity contribution in [3.8, 4) is 0 Å². The lowest BCUT2D eigenvalue weighted by Crippen LogP contribution is -2.35. The molecule has 0 saturated heterocycles. The molecule has 1 heterocycles. The van der Waals surface area contributed by atoms with Crippen LogP contribution in [-0.2, 0) is 42.2 Å². The third-order valence-electron chi connectivity index (χ3n) is 5.27. The van der Waals surface area contributed by atoms with E-state index in [1.807, 2.05) is 12.1 Å². The summed E-state index contributed by atoms with van der Waals surface area (Å²) in [6.45, 7) is -0.651. The van der Waals surface area contributed by atoms with Gasteiger partial charge in [-0.25, -0.2) is 13.1 Å². The highest BCUT2D eigenvalue weighted by molar-refractivity contribution is 9.10. The number of nitrogens with zero attached hydrogens (tertiary/aromatic N) is 2. The Morgan fingerprint density at radius 1 is 1.16 bits per heavy atom. The number of fused-ring (bicyclic) bond motifs is 1. The van der Waals surface area contributed by atoms with Gasteiger partial charge in [0.15, 0.2) is 5.69 Å². The Morgan fingerprint density at radius 2 is 1.88 bits per heavy atom. The number of halogens is 4. The number of sulfonamides is 1. The first-order valence-corrected chi connectivity index (χ1v) is 12.0. The highest BCUT2D eigenvalue weighted by Gasteiger charge is 2.37. The quantitative estimate of drug-likeness (QED) is 0.510. The van der Waals surface area contributed by atoms with E-state index in [1.54, 1.807) is 24.3 Å². The van der Waals surface area contributed by atoms with Gasteiger partial charge in [-0.3, -0.25) is 4.68 Å². The lowest BCUT2D eigenvalue weighted by molar-refractivity contribution is -0.142. The van der Waals surface area contributed by atoms with Gasteiger partial charge in [0, 0.05) is 22.3 Å². The molecule has 0 aliphatic heterocycles. The smallest absolute Gasteiger partial charge is 0.392 e. The number of nitrogens with one attached hydrogen (secondary N) is 1. The van der Waals surface area contributed by atoms with Crippen molar-refractivity contribution in [2.24, 2.45) is 0 Å². The van der Waals surface area contributed by atoms with Crippen LogP contribution in [0.4, 0.5) is 13.2 Å². The van der Waals surface area contributed by atoms with Gasteiger partial charge in [-0.05, 0) is 57.6 Å². The summed E-state index contributed by atoms with van der Waals surface area (Å²) >= 11 is 3.26. The molecule has 0 unspecified atom stereocenters. The fourth-order valence-electron chi connectivity index (χ4n) is 3.88. The van der Waals surface area contributed by atoms with E-state index in [0.29, 0.717) is 17.3 Å². The second kappa shape index (κ2) is 8.62. The van der Waals surface area contributed by atoms with E-state index >= 15 is 0 Å². The summed E-state index contributed by atoms with van der Waals surface area (Å²) in [6, 6.07) is 11.7. The summed E-state index contributed by atoms with van der Waals surface area (Å²) < 4.78 is 69.0. The molecular weight excluding hydrogens is 511 g/mol. The first-order chi connectivity index (χ1) is 15.1. The lowest BCUT2D eigenvalue weighted by atomic mass is 10.1. The Bertz CT molecular complexity index is 1260. The Kier molecular flexibility index (Phi) is 6.19. The highest BCUT2D eigenvalue weighted by atomic mass is 79.9. The lowest BCUT2D eigenvalue weighted by Gasteiger charge is -2.13. The predicted molar refractivity (Wildman–Crippen MR) is 114 cm³/mol. The molecule has 0 amide bonds. The maximum Gasteiger partial charge on any atom is 0.435 e. The standard InChI is InChI=1S/C21H19BrF3N3O3S/c22-18-3-1-2-4-19(18)32(30,31)27-17-8-14-6-5-13(7-15(14)9-17)10-28-11-16(12-29)20(26-28)21(23,24)25/h1-7,11,17,27,29H,8-10,12H2/t17-/m0/s1. The number of rotatable bonds is 6. The van der Waals surface area contributed by atoms with Gasteiger partial charge in [-0.1, -0.05) is 30.3 Å². The summed E-state index contributed by atoms with van der Waals surface area (Å²) in [5.41, 5.74) is 1.29. The summed E-state index contributed by atoms with van der Waals surface area (Å²) in [7, 11) is -3.71. The molecule has 3 aromatic rings. The van der Waals surface area contributed by atoms with Gasteiger partial charge in [0.2, 0.25) is 10.0 Å². The molecule has 1 aliphatic rings. The predicted octanol–water partition coefficient (Wildman–Crippen LogP) is 3.65. The maximum absolute atomic E-state index is 13.0. The van der Waals surface area contributed by atoms with Crippen LogP contribution in [0.15, 0.2) is 58.0 Å². The zero-order valence-electron chi connectivity index (χ0n) is 16.6. The summed E-state index contributed by atoms with van der Waals surface area (Å²) in [6.07, 6.45) is -2.46. The molecule has 6 nitrogen and oxygen atoms in total. The molecule has 11 heteroatoms. The van der Waals surface area contributed by atoms with Gasteiger partial charge in [0.05, 0.1) is 18.0 Å². The molecule has 2 N–H and O–H groups in total. The fraction of sp³-hybridized carbons (Fsp3) is 0.286. The summed E-state index contributed by atoms with van der Waals surface area (Å²) in [5.74, 6) is 0.